The van der Waals surface area contributed by atoms with Gasteiger partial charge in [0.15, 0.2) is 6.23 Å². The van der Waals surface area contributed by atoms with Gasteiger partial charge in [0.2, 0.25) is 0 Å². The van der Waals surface area contributed by atoms with Crippen LogP contribution in [-0.2, 0) is 11.2 Å². The number of nitrogens with zero attached hydrogens (tertiary/aromatic N) is 2. The zero-order chi connectivity index (χ0) is 21.7. The topological polar surface area (TPSA) is 34.1 Å². The van der Waals surface area contributed by atoms with Crippen molar-refractivity contribution in [2.45, 2.75) is 91.0 Å². The molecule has 3 rings (SSSR count). The second kappa shape index (κ2) is 10.00. The fraction of sp³-hybridized carbons (Fsp3) is 0.654. The third-order valence-electron chi connectivity index (χ3n) is 6.10. The maximum atomic E-state index is 6.23. The number of aliphatic imine (C=N–C) groups is 1. The Labute approximate surface area is 183 Å². The summed E-state index contributed by atoms with van der Waals surface area (Å²) in [5.74, 6) is 1.26. The summed E-state index contributed by atoms with van der Waals surface area (Å²) < 4.78 is 11.6. The van der Waals surface area contributed by atoms with Crippen LogP contribution in [0.3, 0.4) is 0 Å². The second-order valence-corrected chi connectivity index (χ2v) is 10.0. The molecule has 1 aliphatic carbocycles. The Kier molecular flexibility index (Phi) is 7.62. The smallest absolute Gasteiger partial charge is 0.152 e. The van der Waals surface area contributed by atoms with Crippen molar-refractivity contribution in [1.82, 2.24) is 4.90 Å². The lowest BCUT2D eigenvalue weighted by Gasteiger charge is -2.40. The van der Waals surface area contributed by atoms with Crippen molar-refractivity contribution in [1.29, 1.82) is 0 Å². The van der Waals surface area contributed by atoms with Gasteiger partial charge in [0.1, 0.15) is 5.75 Å². The van der Waals surface area contributed by atoms with Crippen LogP contribution in [-0.4, -0.2) is 42.8 Å². The average molecular weight is 413 g/mol. The molecule has 0 radical (unpaired) electrons. The van der Waals surface area contributed by atoms with Gasteiger partial charge in [-0.3, -0.25) is 0 Å². The van der Waals surface area contributed by atoms with E-state index in [1.807, 2.05) is 0 Å². The Hall–Kier alpha value is -1.81. The molecule has 4 nitrogen and oxygen atoms in total. The summed E-state index contributed by atoms with van der Waals surface area (Å²) in [5.41, 5.74) is 4.52. The van der Waals surface area contributed by atoms with E-state index in [9.17, 15) is 0 Å². The third kappa shape index (κ3) is 6.10. The van der Waals surface area contributed by atoms with Crippen LogP contribution in [0.5, 0.6) is 5.75 Å². The summed E-state index contributed by atoms with van der Waals surface area (Å²) in [6.45, 7) is 11.7. The molecule has 2 atom stereocenters. The minimum atomic E-state index is -0.199. The maximum absolute atomic E-state index is 6.23. The lowest BCUT2D eigenvalue weighted by atomic mass is 9.80. The van der Waals surface area contributed by atoms with Gasteiger partial charge >= 0.3 is 0 Å². The Morgan fingerprint density at radius 1 is 1.10 bits per heavy atom. The molecule has 0 spiro atoms. The quantitative estimate of drug-likeness (QED) is 0.312. The first kappa shape index (κ1) is 22.9. The Bertz CT molecular complexity index is 743. The molecule has 1 aromatic rings. The second-order valence-electron chi connectivity index (χ2n) is 10.0. The molecule has 2 aliphatic rings. The Morgan fingerprint density at radius 2 is 1.80 bits per heavy atom. The van der Waals surface area contributed by atoms with E-state index >= 15 is 0 Å². The zero-order valence-electron chi connectivity index (χ0n) is 19.8. The molecule has 0 amide bonds. The predicted molar refractivity (Wildman–Crippen MR) is 125 cm³/mol. The summed E-state index contributed by atoms with van der Waals surface area (Å²) in [5, 5.41) is 0. The highest BCUT2D eigenvalue weighted by Gasteiger charge is 2.30. The average Bonchev–Trinajstić information content (AvgIpc) is 2.71. The first-order chi connectivity index (χ1) is 14.3. The molecule has 1 aromatic carbocycles. The van der Waals surface area contributed by atoms with Gasteiger partial charge in [-0.25, -0.2) is 4.99 Å². The highest BCUT2D eigenvalue weighted by Crippen LogP contribution is 2.36. The van der Waals surface area contributed by atoms with Crippen molar-refractivity contribution in [2.75, 3.05) is 13.7 Å². The molecule has 4 heteroatoms. The zero-order valence-corrected chi connectivity index (χ0v) is 19.8. The third-order valence-corrected chi connectivity index (χ3v) is 6.10. The number of benzene rings is 1. The minimum Gasteiger partial charge on any atom is -0.497 e. The van der Waals surface area contributed by atoms with Crippen LogP contribution in [0.4, 0.5) is 0 Å². The summed E-state index contributed by atoms with van der Waals surface area (Å²) in [7, 11) is 1.72. The molecule has 30 heavy (non-hydrogen) atoms. The summed E-state index contributed by atoms with van der Waals surface area (Å²) in [6, 6.07) is 8.93. The summed E-state index contributed by atoms with van der Waals surface area (Å²) in [4.78, 5) is 7.39. The lowest BCUT2D eigenvalue weighted by Crippen LogP contribution is -2.43. The van der Waals surface area contributed by atoms with Gasteiger partial charge in [0.25, 0.3) is 0 Å². The van der Waals surface area contributed by atoms with Gasteiger partial charge in [0, 0.05) is 12.5 Å². The molecule has 0 unspecified atom stereocenters. The van der Waals surface area contributed by atoms with Crippen LogP contribution in [0.2, 0.25) is 0 Å². The Morgan fingerprint density at radius 3 is 2.43 bits per heavy atom. The fourth-order valence-electron chi connectivity index (χ4n) is 4.51. The van der Waals surface area contributed by atoms with E-state index in [1.54, 1.807) is 18.3 Å². The highest BCUT2D eigenvalue weighted by molar-refractivity contribution is 5.58. The largest absolute Gasteiger partial charge is 0.497 e. The van der Waals surface area contributed by atoms with Gasteiger partial charge in [0.05, 0.1) is 25.1 Å². The van der Waals surface area contributed by atoms with Crippen LogP contribution in [0.15, 0.2) is 40.4 Å². The number of rotatable bonds is 7. The van der Waals surface area contributed by atoms with Crippen LogP contribution in [0.1, 0.15) is 72.3 Å². The predicted octanol–water partition coefficient (Wildman–Crippen LogP) is 6.01. The van der Waals surface area contributed by atoms with Crippen molar-refractivity contribution in [3.05, 3.63) is 41.0 Å². The van der Waals surface area contributed by atoms with E-state index in [4.69, 9.17) is 14.5 Å². The van der Waals surface area contributed by atoms with E-state index in [0.717, 1.165) is 18.7 Å². The van der Waals surface area contributed by atoms with E-state index in [0.29, 0.717) is 12.0 Å². The molecule has 0 N–H and O–H groups in total. The fourth-order valence-corrected chi connectivity index (χ4v) is 4.51. The van der Waals surface area contributed by atoms with Crippen molar-refractivity contribution >= 4 is 6.34 Å². The first-order valence-corrected chi connectivity index (χ1v) is 11.6. The minimum absolute atomic E-state index is 0.117. The van der Waals surface area contributed by atoms with Gasteiger partial charge in [-0.2, -0.15) is 0 Å². The van der Waals surface area contributed by atoms with Crippen LogP contribution >= 0.6 is 0 Å². The molecule has 0 aromatic heterocycles. The monoisotopic (exact) mass is 412 g/mol. The Balaban J connectivity index is 1.82. The van der Waals surface area contributed by atoms with Crippen LogP contribution < -0.4 is 4.74 Å². The van der Waals surface area contributed by atoms with Crippen molar-refractivity contribution in [3.8, 4) is 5.75 Å². The molecule has 0 saturated heterocycles. The van der Waals surface area contributed by atoms with Crippen molar-refractivity contribution in [3.63, 3.8) is 0 Å². The molecule has 0 bridgehead atoms. The molecule has 0 fully saturated rings. The van der Waals surface area contributed by atoms with Gasteiger partial charge in [-0.15, -0.1) is 0 Å². The van der Waals surface area contributed by atoms with E-state index in [1.165, 1.54) is 37.7 Å². The van der Waals surface area contributed by atoms with Gasteiger partial charge in [-0.1, -0.05) is 31.6 Å². The molecular weight excluding hydrogens is 372 g/mol. The first-order valence-electron chi connectivity index (χ1n) is 11.6. The molecule has 1 heterocycles. The van der Waals surface area contributed by atoms with Crippen LogP contribution in [0.25, 0.3) is 0 Å². The number of methoxy groups -OCH3 is 1. The molecule has 1 aliphatic heterocycles. The van der Waals surface area contributed by atoms with Crippen LogP contribution in [0, 0.1) is 5.92 Å². The normalized spacial score (nSPS) is 21.3. The maximum Gasteiger partial charge on any atom is 0.152 e. The SMILES string of the molecule is COc1ccc(C[C@H]2C3=C(CCCC3)CCN2/C=N/[C@H](OC(C)(C)C)C(C)C)cc1. The summed E-state index contributed by atoms with van der Waals surface area (Å²) >= 11 is 0. The van der Waals surface area contributed by atoms with E-state index in [-0.39, 0.29) is 11.8 Å². The summed E-state index contributed by atoms with van der Waals surface area (Å²) in [6.07, 6.45) is 9.32. The standard InChI is InChI=1S/C26H40N2O2/c1-19(2)25(30-26(3,4)5)27-18-28-16-15-21-9-7-8-10-23(21)24(28)17-20-11-13-22(29-6)14-12-20/h11-14,18-19,24-25H,7-10,15-17H2,1-6H3/b27-18+/t24-,25+/m0/s1. The van der Waals surface area contributed by atoms with Crippen molar-refractivity contribution < 1.29 is 9.47 Å². The van der Waals surface area contributed by atoms with Crippen molar-refractivity contribution in [2.24, 2.45) is 10.9 Å². The lowest BCUT2D eigenvalue weighted by molar-refractivity contribution is -0.0746. The van der Waals surface area contributed by atoms with E-state index in [2.05, 4.69) is 70.1 Å². The van der Waals surface area contributed by atoms with E-state index < -0.39 is 0 Å². The number of hydrogen-bond acceptors (Lipinski definition) is 3. The molecular formula is C26H40N2O2. The van der Waals surface area contributed by atoms with Gasteiger partial charge < -0.3 is 14.4 Å². The number of hydrogen-bond donors (Lipinski definition) is 0. The van der Waals surface area contributed by atoms with Gasteiger partial charge in [-0.05, 0) is 82.6 Å². The molecule has 166 valence electrons. The highest BCUT2D eigenvalue weighted by atomic mass is 16.5. The molecule has 0 saturated carbocycles. The number of ether oxygens (including phenoxy) is 2.